The van der Waals surface area contributed by atoms with Gasteiger partial charge in [-0.1, -0.05) is 66.9 Å². The van der Waals surface area contributed by atoms with Gasteiger partial charge in [0.2, 0.25) is 0 Å². The van der Waals surface area contributed by atoms with Crippen molar-refractivity contribution in [1.29, 1.82) is 0 Å². The molecule has 1 saturated carbocycles. The van der Waals surface area contributed by atoms with Crippen molar-refractivity contribution in [1.82, 2.24) is 30.1 Å². The standard InChI is InChI=1S/C32H34N6O2/c1-22-12-17-29-25(18-22)19-28(32(39)33-29)30(31-34-35-36-38(31)26-10-6-7-11-26)37(20-23-8-4-3-5-9-23)21-24-13-15-27(40-2)16-14-24/h3-5,8-9,12-19,26,30H,6-7,10-11,20-21H2,1-2H3,(H,33,39)/t30-/m1/s1. The number of hydrogen-bond acceptors (Lipinski definition) is 6. The number of hydrogen-bond donors (Lipinski definition) is 1. The fourth-order valence-corrected chi connectivity index (χ4v) is 5.86. The number of fused-ring (bicyclic) bond motifs is 1. The van der Waals surface area contributed by atoms with Gasteiger partial charge in [-0.25, -0.2) is 4.68 Å². The van der Waals surface area contributed by atoms with Crippen LogP contribution in [0.25, 0.3) is 10.9 Å². The van der Waals surface area contributed by atoms with Crippen LogP contribution in [-0.4, -0.2) is 37.2 Å². The van der Waals surface area contributed by atoms with Gasteiger partial charge in [0.05, 0.1) is 13.2 Å². The van der Waals surface area contributed by atoms with Crippen LogP contribution in [-0.2, 0) is 13.1 Å². The third kappa shape index (κ3) is 5.40. The molecule has 1 atom stereocenters. The Morgan fingerprint density at radius 2 is 1.70 bits per heavy atom. The van der Waals surface area contributed by atoms with Crippen molar-refractivity contribution in [2.45, 2.75) is 57.8 Å². The van der Waals surface area contributed by atoms with Gasteiger partial charge in [-0.2, -0.15) is 0 Å². The SMILES string of the molecule is COc1ccc(CN(Cc2ccccc2)[C@H](c2cc3cc(C)ccc3[nH]c2=O)c2nnnn2C2CCCC2)cc1. The van der Waals surface area contributed by atoms with Gasteiger partial charge in [-0.3, -0.25) is 9.69 Å². The first-order valence-electron chi connectivity index (χ1n) is 13.9. The van der Waals surface area contributed by atoms with Crippen molar-refractivity contribution >= 4 is 10.9 Å². The molecule has 1 aliphatic carbocycles. The van der Waals surface area contributed by atoms with Crippen molar-refractivity contribution in [3.63, 3.8) is 0 Å². The van der Waals surface area contributed by atoms with Crippen LogP contribution in [0.4, 0.5) is 0 Å². The second kappa shape index (κ2) is 11.4. The zero-order valence-corrected chi connectivity index (χ0v) is 23.0. The Morgan fingerprint density at radius 3 is 2.42 bits per heavy atom. The fraction of sp³-hybridized carbons (Fsp3) is 0.312. The summed E-state index contributed by atoms with van der Waals surface area (Å²) in [7, 11) is 1.67. The van der Waals surface area contributed by atoms with E-state index in [0.29, 0.717) is 24.5 Å². The number of methoxy groups -OCH3 is 1. The minimum absolute atomic E-state index is 0.130. The van der Waals surface area contributed by atoms with E-state index in [9.17, 15) is 4.79 Å². The second-order valence-electron chi connectivity index (χ2n) is 10.7. The van der Waals surface area contributed by atoms with Gasteiger partial charge in [-0.05, 0) is 77.0 Å². The number of tetrazole rings is 1. The Kier molecular flexibility index (Phi) is 7.42. The Balaban J connectivity index is 1.52. The van der Waals surface area contributed by atoms with Crippen LogP contribution >= 0.6 is 0 Å². The molecule has 0 amide bonds. The monoisotopic (exact) mass is 534 g/mol. The Bertz CT molecular complexity index is 1640. The first-order chi connectivity index (χ1) is 19.6. The maximum absolute atomic E-state index is 13.8. The molecule has 0 aliphatic heterocycles. The molecule has 5 aromatic rings. The maximum Gasteiger partial charge on any atom is 0.253 e. The van der Waals surface area contributed by atoms with Gasteiger partial charge in [-0.15, -0.1) is 5.10 Å². The van der Waals surface area contributed by atoms with Gasteiger partial charge >= 0.3 is 0 Å². The highest BCUT2D eigenvalue weighted by atomic mass is 16.5. The summed E-state index contributed by atoms with van der Waals surface area (Å²) in [6.45, 7) is 3.26. The molecule has 6 rings (SSSR count). The summed E-state index contributed by atoms with van der Waals surface area (Å²) in [6.07, 6.45) is 4.39. The second-order valence-corrected chi connectivity index (χ2v) is 10.7. The van der Waals surface area contributed by atoms with Crippen molar-refractivity contribution in [2.24, 2.45) is 0 Å². The van der Waals surface area contributed by atoms with E-state index >= 15 is 0 Å². The average Bonchev–Trinajstić information content (AvgIpc) is 3.67. The van der Waals surface area contributed by atoms with Crippen LogP contribution in [0, 0.1) is 6.92 Å². The van der Waals surface area contributed by atoms with E-state index in [1.165, 1.54) is 0 Å². The molecule has 204 valence electrons. The summed E-state index contributed by atoms with van der Waals surface area (Å²) in [5.74, 6) is 1.51. The molecule has 2 heterocycles. The lowest BCUT2D eigenvalue weighted by atomic mass is 10.0. The van der Waals surface area contributed by atoms with E-state index < -0.39 is 6.04 Å². The topological polar surface area (TPSA) is 88.9 Å². The number of rotatable bonds is 9. The van der Waals surface area contributed by atoms with E-state index in [1.807, 2.05) is 53.2 Å². The molecule has 0 unspecified atom stereocenters. The van der Waals surface area contributed by atoms with Gasteiger partial charge in [0.15, 0.2) is 5.82 Å². The third-order valence-electron chi connectivity index (χ3n) is 7.89. The van der Waals surface area contributed by atoms with Gasteiger partial charge in [0.1, 0.15) is 11.8 Å². The van der Waals surface area contributed by atoms with Crippen molar-refractivity contribution in [3.05, 3.63) is 117 Å². The number of ether oxygens (including phenoxy) is 1. The zero-order valence-electron chi connectivity index (χ0n) is 23.0. The lowest BCUT2D eigenvalue weighted by Crippen LogP contribution is -2.35. The summed E-state index contributed by atoms with van der Waals surface area (Å²) in [6, 6.07) is 26.3. The molecule has 0 radical (unpaired) electrons. The predicted molar refractivity (Wildman–Crippen MR) is 155 cm³/mol. The molecule has 0 bridgehead atoms. The molecule has 0 spiro atoms. The Morgan fingerprint density at radius 1 is 0.975 bits per heavy atom. The first-order valence-corrected chi connectivity index (χ1v) is 13.9. The first kappa shape index (κ1) is 26.0. The maximum atomic E-state index is 13.8. The minimum atomic E-state index is -0.466. The quantitative estimate of drug-likeness (QED) is 0.260. The fourth-order valence-electron chi connectivity index (χ4n) is 5.86. The molecule has 40 heavy (non-hydrogen) atoms. The summed E-state index contributed by atoms with van der Waals surface area (Å²) < 4.78 is 7.37. The van der Waals surface area contributed by atoms with Gasteiger partial charge in [0, 0.05) is 24.2 Å². The normalized spacial score (nSPS) is 14.7. The number of nitrogens with zero attached hydrogens (tertiary/aromatic N) is 5. The van der Waals surface area contributed by atoms with Crippen molar-refractivity contribution < 1.29 is 4.74 Å². The molecular weight excluding hydrogens is 500 g/mol. The molecule has 1 aliphatic rings. The smallest absolute Gasteiger partial charge is 0.253 e. The average molecular weight is 535 g/mol. The van der Waals surface area contributed by atoms with Gasteiger partial charge in [0.25, 0.3) is 5.56 Å². The van der Waals surface area contributed by atoms with Crippen LogP contribution in [0.5, 0.6) is 5.75 Å². The number of aromatic nitrogens is 5. The lowest BCUT2D eigenvalue weighted by molar-refractivity contribution is 0.190. The molecule has 1 N–H and O–H groups in total. The van der Waals surface area contributed by atoms with Crippen LogP contribution in [0.15, 0.2) is 83.7 Å². The highest BCUT2D eigenvalue weighted by Gasteiger charge is 2.33. The number of benzene rings is 3. The van der Waals surface area contributed by atoms with Crippen molar-refractivity contribution in [3.8, 4) is 5.75 Å². The van der Waals surface area contributed by atoms with Gasteiger partial charge < -0.3 is 9.72 Å². The summed E-state index contributed by atoms with van der Waals surface area (Å²) in [5.41, 5.74) is 4.71. The lowest BCUT2D eigenvalue weighted by Gasteiger charge is -2.32. The summed E-state index contributed by atoms with van der Waals surface area (Å²) in [4.78, 5) is 19.2. The molecule has 8 nitrogen and oxygen atoms in total. The number of aromatic amines is 1. The predicted octanol–water partition coefficient (Wildman–Crippen LogP) is 5.74. The van der Waals surface area contributed by atoms with E-state index in [-0.39, 0.29) is 11.6 Å². The van der Waals surface area contributed by atoms with Crippen LogP contribution < -0.4 is 10.3 Å². The number of nitrogens with one attached hydrogen (secondary N) is 1. The molecule has 0 saturated heterocycles. The molecule has 2 aromatic heterocycles. The molecular formula is C32H34N6O2. The van der Waals surface area contributed by atoms with Crippen molar-refractivity contribution in [2.75, 3.05) is 7.11 Å². The molecule has 1 fully saturated rings. The van der Waals surface area contributed by atoms with E-state index in [4.69, 9.17) is 4.74 Å². The zero-order chi connectivity index (χ0) is 27.5. The van der Waals surface area contributed by atoms with Crippen LogP contribution in [0.2, 0.25) is 0 Å². The van der Waals surface area contributed by atoms with Crippen LogP contribution in [0.3, 0.4) is 0 Å². The Labute approximate surface area is 233 Å². The number of pyridine rings is 1. The number of H-pyrrole nitrogens is 1. The highest BCUT2D eigenvalue weighted by molar-refractivity contribution is 5.79. The minimum Gasteiger partial charge on any atom is -0.497 e. The molecule has 8 heteroatoms. The summed E-state index contributed by atoms with van der Waals surface area (Å²) >= 11 is 0. The van der Waals surface area contributed by atoms with Crippen LogP contribution in [0.1, 0.15) is 65.8 Å². The summed E-state index contributed by atoms with van der Waals surface area (Å²) in [5, 5.41) is 14.2. The van der Waals surface area contributed by atoms with E-state index in [2.05, 4.69) is 62.7 Å². The largest absolute Gasteiger partial charge is 0.497 e. The third-order valence-corrected chi connectivity index (χ3v) is 7.89. The van der Waals surface area contributed by atoms with E-state index in [0.717, 1.165) is 59.0 Å². The Hall–Kier alpha value is -4.30. The van der Waals surface area contributed by atoms with E-state index in [1.54, 1.807) is 7.11 Å². The highest BCUT2D eigenvalue weighted by Crippen LogP contribution is 2.35. The number of aryl methyl sites for hydroxylation is 1. The molecule has 3 aromatic carbocycles.